The predicted octanol–water partition coefficient (Wildman–Crippen LogP) is 2.43. The Labute approximate surface area is 119 Å². The minimum absolute atomic E-state index is 0.0374. The number of hydrogen-bond donors (Lipinski definition) is 1. The van der Waals surface area contributed by atoms with Gasteiger partial charge in [0, 0.05) is 30.0 Å². The molecule has 0 radical (unpaired) electrons. The van der Waals surface area contributed by atoms with Crippen LogP contribution in [0.1, 0.15) is 22.5 Å². The van der Waals surface area contributed by atoms with Gasteiger partial charge >= 0.3 is 0 Å². The number of carbonyl (C=O) groups is 1. The Hall–Kier alpha value is -0.590. The Balaban J connectivity index is 2.04. The van der Waals surface area contributed by atoms with E-state index in [1.165, 1.54) is 11.3 Å². The third-order valence-corrected chi connectivity index (χ3v) is 5.10. The highest BCUT2D eigenvalue weighted by molar-refractivity contribution is 9.09. The molecule has 1 aliphatic rings. The topological polar surface area (TPSA) is 47.6 Å². The number of thiophene rings is 1. The maximum Gasteiger partial charge on any atom is 0.261 e. The second kappa shape index (κ2) is 6.04. The molecule has 0 aromatic carbocycles. The summed E-state index contributed by atoms with van der Waals surface area (Å²) < 4.78 is 10.4. The van der Waals surface area contributed by atoms with Gasteiger partial charge in [-0.2, -0.15) is 0 Å². The third kappa shape index (κ3) is 3.05. The average molecular weight is 334 g/mol. The van der Waals surface area contributed by atoms with Crippen LogP contribution in [0.25, 0.3) is 0 Å². The van der Waals surface area contributed by atoms with E-state index in [1.807, 2.05) is 5.38 Å². The van der Waals surface area contributed by atoms with E-state index in [-0.39, 0.29) is 11.4 Å². The molecule has 2 rings (SSSR count). The fourth-order valence-corrected chi connectivity index (χ4v) is 3.35. The molecule has 1 fully saturated rings. The lowest BCUT2D eigenvalue weighted by Gasteiger charge is -2.36. The molecule has 100 valence electrons. The second-order valence-corrected chi connectivity index (χ2v) is 5.80. The fourth-order valence-electron chi connectivity index (χ4n) is 1.90. The Kier molecular flexibility index (Phi) is 4.64. The zero-order chi connectivity index (χ0) is 13.0. The van der Waals surface area contributed by atoms with E-state index in [4.69, 9.17) is 9.47 Å². The highest BCUT2D eigenvalue weighted by Crippen LogP contribution is 2.26. The lowest BCUT2D eigenvalue weighted by Crippen LogP contribution is -2.53. The van der Waals surface area contributed by atoms with Crippen LogP contribution in [0.3, 0.4) is 0 Å². The average Bonchev–Trinajstić information content (AvgIpc) is 2.88. The molecule has 0 unspecified atom stereocenters. The van der Waals surface area contributed by atoms with Crippen molar-refractivity contribution in [1.82, 2.24) is 5.32 Å². The molecule has 2 heterocycles. The SMILES string of the molecule is COc1csc(C(=O)NC2(CBr)CCOCC2)c1. The zero-order valence-electron chi connectivity index (χ0n) is 10.2. The summed E-state index contributed by atoms with van der Waals surface area (Å²) in [6.45, 7) is 1.39. The van der Waals surface area contributed by atoms with Crippen LogP contribution in [0.4, 0.5) is 0 Å². The van der Waals surface area contributed by atoms with Gasteiger partial charge in [0.25, 0.3) is 5.91 Å². The number of carbonyl (C=O) groups excluding carboxylic acids is 1. The smallest absolute Gasteiger partial charge is 0.261 e. The first-order valence-electron chi connectivity index (χ1n) is 5.78. The van der Waals surface area contributed by atoms with E-state index in [2.05, 4.69) is 21.2 Å². The first-order valence-corrected chi connectivity index (χ1v) is 7.78. The molecule has 1 N–H and O–H groups in total. The zero-order valence-corrected chi connectivity index (χ0v) is 12.6. The minimum Gasteiger partial charge on any atom is -0.496 e. The van der Waals surface area contributed by atoms with Gasteiger partial charge in [-0.25, -0.2) is 0 Å². The number of alkyl halides is 1. The number of halogens is 1. The van der Waals surface area contributed by atoms with Gasteiger partial charge in [0.2, 0.25) is 0 Å². The van der Waals surface area contributed by atoms with Crippen LogP contribution in [0.15, 0.2) is 11.4 Å². The van der Waals surface area contributed by atoms with Crippen LogP contribution in [0.5, 0.6) is 5.75 Å². The van der Waals surface area contributed by atoms with Gasteiger partial charge in [-0.15, -0.1) is 11.3 Å². The van der Waals surface area contributed by atoms with Crippen molar-refractivity contribution in [1.29, 1.82) is 0 Å². The Morgan fingerprint density at radius 3 is 2.89 bits per heavy atom. The molecule has 1 aliphatic heterocycles. The molecule has 1 aromatic heterocycles. The number of amides is 1. The largest absolute Gasteiger partial charge is 0.496 e. The highest BCUT2D eigenvalue weighted by Gasteiger charge is 2.33. The monoisotopic (exact) mass is 333 g/mol. The fraction of sp³-hybridized carbons (Fsp3) is 0.583. The Morgan fingerprint density at radius 2 is 2.33 bits per heavy atom. The molecule has 1 saturated heterocycles. The summed E-state index contributed by atoms with van der Waals surface area (Å²) in [6.07, 6.45) is 1.68. The molecular formula is C12H16BrNO3S. The van der Waals surface area contributed by atoms with Gasteiger partial charge < -0.3 is 14.8 Å². The third-order valence-electron chi connectivity index (χ3n) is 3.12. The van der Waals surface area contributed by atoms with Crippen molar-refractivity contribution in [3.8, 4) is 5.75 Å². The summed E-state index contributed by atoms with van der Waals surface area (Å²) in [5, 5.41) is 5.71. The number of hydrogen-bond acceptors (Lipinski definition) is 4. The van der Waals surface area contributed by atoms with Crippen LogP contribution in [-0.4, -0.2) is 37.1 Å². The first kappa shape index (κ1) is 13.8. The van der Waals surface area contributed by atoms with Crippen molar-refractivity contribution in [2.75, 3.05) is 25.7 Å². The van der Waals surface area contributed by atoms with Gasteiger partial charge in [-0.1, -0.05) is 15.9 Å². The van der Waals surface area contributed by atoms with E-state index >= 15 is 0 Å². The normalized spacial score (nSPS) is 18.3. The number of ether oxygens (including phenoxy) is 2. The van der Waals surface area contributed by atoms with Crippen LogP contribution < -0.4 is 10.1 Å². The summed E-state index contributed by atoms with van der Waals surface area (Å²) in [6, 6.07) is 1.77. The van der Waals surface area contributed by atoms with Crippen molar-refractivity contribution in [2.45, 2.75) is 18.4 Å². The summed E-state index contributed by atoms with van der Waals surface area (Å²) in [4.78, 5) is 12.9. The summed E-state index contributed by atoms with van der Waals surface area (Å²) in [5.74, 6) is 0.690. The second-order valence-electron chi connectivity index (χ2n) is 4.33. The number of methoxy groups -OCH3 is 1. The molecular weight excluding hydrogens is 318 g/mol. The molecule has 1 amide bonds. The molecule has 4 nitrogen and oxygen atoms in total. The van der Waals surface area contributed by atoms with E-state index in [1.54, 1.807) is 13.2 Å². The van der Waals surface area contributed by atoms with Crippen LogP contribution >= 0.6 is 27.3 Å². The summed E-state index contributed by atoms with van der Waals surface area (Å²) in [7, 11) is 1.60. The van der Waals surface area contributed by atoms with Gasteiger partial charge in [0.1, 0.15) is 5.75 Å². The first-order chi connectivity index (χ1) is 8.69. The van der Waals surface area contributed by atoms with Gasteiger partial charge in [-0.05, 0) is 12.8 Å². The molecule has 6 heteroatoms. The van der Waals surface area contributed by atoms with E-state index in [0.717, 1.165) is 23.9 Å². The van der Waals surface area contributed by atoms with Gasteiger partial charge in [0.05, 0.1) is 17.5 Å². The van der Waals surface area contributed by atoms with E-state index in [9.17, 15) is 4.79 Å². The van der Waals surface area contributed by atoms with Gasteiger partial charge in [-0.3, -0.25) is 4.79 Å². The highest BCUT2D eigenvalue weighted by atomic mass is 79.9. The molecule has 0 saturated carbocycles. The van der Waals surface area contributed by atoms with Crippen molar-refractivity contribution < 1.29 is 14.3 Å². The molecule has 0 atom stereocenters. The van der Waals surface area contributed by atoms with Crippen LogP contribution in [0, 0.1) is 0 Å². The maximum atomic E-state index is 12.2. The molecule has 0 aliphatic carbocycles. The quantitative estimate of drug-likeness (QED) is 0.861. The Bertz CT molecular complexity index is 415. The minimum atomic E-state index is -0.188. The van der Waals surface area contributed by atoms with Crippen LogP contribution in [-0.2, 0) is 4.74 Å². The van der Waals surface area contributed by atoms with Crippen molar-refractivity contribution in [3.05, 3.63) is 16.3 Å². The number of nitrogens with one attached hydrogen (secondary N) is 1. The number of rotatable bonds is 4. The van der Waals surface area contributed by atoms with Crippen molar-refractivity contribution >= 4 is 33.2 Å². The standard InChI is InChI=1S/C12H16BrNO3S/c1-16-9-6-10(18-7-9)11(15)14-12(8-13)2-4-17-5-3-12/h6-7H,2-5,8H2,1H3,(H,14,15). The van der Waals surface area contributed by atoms with Crippen molar-refractivity contribution in [2.24, 2.45) is 0 Å². The lowest BCUT2D eigenvalue weighted by atomic mass is 9.92. The maximum absolute atomic E-state index is 12.2. The summed E-state index contributed by atoms with van der Waals surface area (Å²) >= 11 is 4.89. The molecule has 0 spiro atoms. The van der Waals surface area contributed by atoms with E-state index in [0.29, 0.717) is 18.1 Å². The predicted molar refractivity (Wildman–Crippen MR) is 74.9 cm³/mol. The Morgan fingerprint density at radius 1 is 1.61 bits per heavy atom. The molecule has 18 heavy (non-hydrogen) atoms. The van der Waals surface area contributed by atoms with Crippen molar-refractivity contribution in [3.63, 3.8) is 0 Å². The van der Waals surface area contributed by atoms with E-state index < -0.39 is 0 Å². The lowest BCUT2D eigenvalue weighted by molar-refractivity contribution is 0.0443. The van der Waals surface area contributed by atoms with Crippen LogP contribution in [0.2, 0.25) is 0 Å². The molecule has 0 bridgehead atoms. The molecule has 1 aromatic rings. The summed E-state index contributed by atoms with van der Waals surface area (Å²) in [5.41, 5.74) is -0.188. The van der Waals surface area contributed by atoms with Gasteiger partial charge in [0.15, 0.2) is 0 Å².